The standard InChI is InChI=1S/C21H31N3O4/c1-12-6-4-7-13(2)18(12)24-21(25)23-15-10-26-20-17(11-27-19(15)20)28-16-8-5-9-22-14(16)3/h5,8-9,12-13,15,17-20H,4,6-7,10-11H2,1-3H3,(H2,23,24,25)/t12?,13?,15-,17-,18?,19+,20+/m0/s1. The van der Waals surface area contributed by atoms with Gasteiger partial charge in [-0.15, -0.1) is 0 Å². The van der Waals surface area contributed by atoms with Crippen molar-refractivity contribution in [1.29, 1.82) is 0 Å². The number of aryl methyl sites for hydroxylation is 1. The lowest BCUT2D eigenvalue weighted by Gasteiger charge is -2.35. The third-order valence-corrected chi connectivity index (χ3v) is 6.40. The monoisotopic (exact) mass is 389 g/mol. The van der Waals surface area contributed by atoms with E-state index >= 15 is 0 Å². The van der Waals surface area contributed by atoms with Gasteiger partial charge >= 0.3 is 6.03 Å². The number of fused-ring (bicyclic) bond motifs is 1. The van der Waals surface area contributed by atoms with Gasteiger partial charge in [-0.05, 0) is 43.7 Å². The van der Waals surface area contributed by atoms with Crippen LogP contribution in [0.5, 0.6) is 5.75 Å². The van der Waals surface area contributed by atoms with Gasteiger partial charge in [0.05, 0.1) is 24.9 Å². The molecule has 2 unspecified atom stereocenters. The number of nitrogens with zero attached hydrogens (tertiary/aromatic N) is 1. The number of aromatic nitrogens is 1. The van der Waals surface area contributed by atoms with Crippen LogP contribution in [0.1, 0.15) is 38.8 Å². The van der Waals surface area contributed by atoms with Crippen LogP contribution >= 0.6 is 0 Å². The molecule has 7 heteroatoms. The number of nitrogens with one attached hydrogen (secondary N) is 2. The first-order valence-corrected chi connectivity index (χ1v) is 10.4. The average molecular weight is 389 g/mol. The van der Waals surface area contributed by atoms with Gasteiger partial charge in [0.1, 0.15) is 18.0 Å². The van der Waals surface area contributed by atoms with E-state index in [1.807, 2.05) is 19.1 Å². The van der Waals surface area contributed by atoms with E-state index in [4.69, 9.17) is 14.2 Å². The van der Waals surface area contributed by atoms with Gasteiger partial charge in [-0.3, -0.25) is 4.98 Å². The minimum atomic E-state index is -0.193. The molecule has 0 bridgehead atoms. The van der Waals surface area contributed by atoms with Crippen molar-refractivity contribution >= 4 is 6.03 Å². The molecule has 3 heterocycles. The highest BCUT2D eigenvalue weighted by Gasteiger charge is 2.49. The first-order chi connectivity index (χ1) is 13.5. The Hall–Kier alpha value is -1.86. The molecule has 6 atom stereocenters. The summed E-state index contributed by atoms with van der Waals surface area (Å²) in [6.07, 6.45) is 4.76. The van der Waals surface area contributed by atoms with Crippen LogP contribution in [-0.4, -0.2) is 54.6 Å². The van der Waals surface area contributed by atoms with Gasteiger partial charge in [-0.2, -0.15) is 0 Å². The zero-order chi connectivity index (χ0) is 19.7. The van der Waals surface area contributed by atoms with Crippen molar-refractivity contribution in [1.82, 2.24) is 15.6 Å². The molecule has 2 amide bonds. The van der Waals surface area contributed by atoms with Crippen LogP contribution in [0.2, 0.25) is 0 Å². The third-order valence-electron chi connectivity index (χ3n) is 6.40. The van der Waals surface area contributed by atoms with E-state index in [0.717, 1.165) is 11.4 Å². The van der Waals surface area contributed by atoms with E-state index in [1.54, 1.807) is 6.20 Å². The summed E-state index contributed by atoms with van der Waals surface area (Å²) in [5.41, 5.74) is 0.841. The minimum absolute atomic E-state index is 0.129. The van der Waals surface area contributed by atoms with E-state index in [9.17, 15) is 4.79 Å². The molecule has 2 aliphatic heterocycles. The summed E-state index contributed by atoms with van der Waals surface area (Å²) in [5, 5.41) is 6.25. The molecule has 1 aliphatic carbocycles. The number of urea groups is 1. The SMILES string of the molecule is Cc1ncccc1O[C@H]1CO[C@H]2[C@@H]1OC[C@@H]2NC(=O)NC1C(C)CCCC1C. The van der Waals surface area contributed by atoms with Crippen LogP contribution in [0.25, 0.3) is 0 Å². The summed E-state index contributed by atoms with van der Waals surface area (Å²) in [4.78, 5) is 16.8. The summed E-state index contributed by atoms with van der Waals surface area (Å²) < 4.78 is 18.0. The first kappa shape index (κ1) is 19.5. The molecule has 154 valence electrons. The maximum Gasteiger partial charge on any atom is 0.315 e. The Kier molecular flexibility index (Phi) is 5.73. The van der Waals surface area contributed by atoms with Crippen LogP contribution < -0.4 is 15.4 Å². The second-order valence-electron chi connectivity index (χ2n) is 8.47. The van der Waals surface area contributed by atoms with Gasteiger partial charge in [0.15, 0.2) is 6.10 Å². The molecule has 1 aromatic rings. The van der Waals surface area contributed by atoms with Crippen molar-refractivity contribution in [3.63, 3.8) is 0 Å². The smallest absolute Gasteiger partial charge is 0.315 e. The van der Waals surface area contributed by atoms with E-state index in [1.165, 1.54) is 19.3 Å². The van der Waals surface area contributed by atoms with Crippen molar-refractivity contribution < 1.29 is 19.0 Å². The Morgan fingerprint density at radius 3 is 2.64 bits per heavy atom. The highest BCUT2D eigenvalue weighted by Crippen LogP contribution is 2.31. The van der Waals surface area contributed by atoms with Crippen molar-refractivity contribution in [2.45, 2.75) is 70.4 Å². The highest BCUT2D eigenvalue weighted by molar-refractivity contribution is 5.74. The number of pyridine rings is 1. The zero-order valence-electron chi connectivity index (χ0n) is 16.9. The lowest BCUT2D eigenvalue weighted by Crippen LogP contribution is -2.54. The number of hydrogen-bond donors (Lipinski definition) is 2. The number of ether oxygens (including phenoxy) is 3. The van der Waals surface area contributed by atoms with Crippen molar-refractivity contribution in [2.75, 3.05) is 13.2 Å². The first-order valence-electron chi connectivity index (χ1n) is 10.4. The van der Waals surface area contributed by atoms with Crippen LogP contribution in [0.15, 0.2) is 18.3 Å². The molecule has 1 saturated carbocycles. The molecule has 3 aliphatic rings. The molecule has 1 aromatic heterocycles. The van der Waals surface area contributed by atoms with Crippen LogP contribution in [0, 0.1) is 18.8 Å². The summed E-state index contributed by atoms with van der Waals surface area (Å²) in [5.74, 6) is 1.75. The molecule has 0 spiro atoms. The molecule has 7 nitrogen and oxygen atoms in total. The lowest BCUT2D eigenvalue weighted by molar-refractivity contribution is 0.0299. The summed E-state index contributed by atoms with van der Waals surface area (Å²) in [6.45, 7) is 7.24. The predicted molar refractivity (Wildman–Crippen MR) is 104 cm³/mol. The van der Waals surface area contributed by atoms with E-state index in [2.05, 4.69) is 29.5 Å². The molecule has 2 N–H and O–H groups in total. The fourth-order valence-corrected chi connectivity index (χ4v) is 4.77. The number of carbonyl (C=O) groups is 1. The summed E-state index contributed by atoms with van der Waals surface area (Å²) >= 11 is 0. The Labute approximate surface area is 166 Å². The topological polar surface area (TPSA) is 81.7 Å². The zero-order valence-corrected chi connectivity index (χ0v) is 16.9. The lowest BCUT2D eigenvalue weighted by atomic mass is 9.79. The Morgan fingerprint density at radius 2 is 1.89 bits per heavy atom. The molecule has 0 aromatic carbocycles. The average Bonchev–Trinajstić information content (AvgIpc) is 3.24. The summed E-state index contributed by atoms with van der Waals surface area (Å²) in [6, 6.07) is 3.69. The molecule has 28 heavy (non-hydrogen) atoms. The van der Waals surface area contributed by atoms with Crippen LogP contribution in [0.4, 0.5) is 4.79 Å². The number of carbonyl (C=O) groups excluding carboxylic acids is 1. The van der Waals surface area contributed by atoms with Gasteiger partial charge in [0, 0.05) is 12.2 Å². The van der Waals surface area contributed by atoms with Gasteiger partial charge in [0.2, 0.25) is 0 Å². The van der Waals surface area contributed by atoms with Gasteiger partial charge < -0.3 is 24.8 Å². The molecule has 4 rings (SSSR count). The van der Waals surface area contributed by atoms with E-state index in [0.29, 0.717) is 25.0 Å². The van der Waals surface area contributed by atoms with Gasteiger partial charge in [-0.25, -0.2) is 4.79 Å². The maximum atomic E-state index is 12.6. The minimum Gasteiger partial charge on any atom is -0.483 e. The third kappa shape index (κ3) is 3.96. The number of hydrogen-bond acceptors (Lipinski definition) is 5. The number of rotatable bonds is 4. The fraction of sp³-hybridized carbons (Fsp3) is 0.714. The molecular weight excluding hydrogens is 358 g/mol. The second-order valence-corrected chi connectivity index (χ2v) is 8.47. The summed E-state index contributed by atoms with van der Waals surface area (Å²) in [7, 11) is 0. The normalized spacial score (nSPS) is 37.3. The van der Waals surface area contributed by atoms with E-state index in [-0.39, 0.29) is 36.4 Å². The predicted octanol–water partition coefficient (Wildman–Crippen LogP) is 2.43. The van der Waals surface area contributed by atoms with Crippen molar-refractivity contribution in [3.05, 3.63) is 24.0 Å². The second kappa shape index (κ2) is 8.25. The molecule has 3 fully saturated rings. The Bertz CT molecular complexity index is 690. The van der Waals surface area contributed by atoms with E-state index < -0.39 is 0 Å². The van der Waals surface area contributed by atoms with Crippen LogP contribution in [-0.2, 0) is 9.47 Å². The molecule has 0 radical (unpaired) electrons. The van der Waals surface area contributed by atoms with Crippen LogP contribution in [0.3, 0.4) is 0 Å². The maximum absolute atomic E-state index is 12.6. The van der Waals surface area contributed by atoms with Crippen molar-refractivity contribution in [3.8, 4) is 5.75 Å². The molecular formula is C21H31N3O4. The largest absolute Gasteiger partial charge is 0.483 e. The fourth-order valence-electron chi connectivity index (χ4n) is 4.77. The Balaban J connectivity index is 1.32. The Morgan fingerprint density at radius 1 is 1.14 bits per heavy atom. The number of amides is 2. The highest BCUT2D eigenvalue weighted by atomic mass is 16.6. The molecule has 2 saturated heterocycles. The van der Waals surface area contributed by atoms with Crippen molar-refractivity contribution in [2.24, 2.45) is 11.8 Å². The van der Waals surface area contributed by atoms with Gasteiger partial charge in [-0.1, -0.05) is 20.3 Å². The van der Waals surface area contributed by atoms with Gasteiger partial charge in [0.25, 0.3) is 0 Å². The quantitative estimate of drug-likeness (QED) is 0.827.